The summed E-state index contributed by atoms with van der Waals surface area (Å²) in [4.78, 5) is 18.7. The van der Waals surface area contributed by atoms with Crippen molar-refractivity contribution >= 4 is 6.03 Å². The number of nitrogens with one attached hydrogen (secondary N) is 1. The van der Waals surface area contributed by atoms with Gasteiger partial charge >= 0.3 is 6.03 Å². The summed E-state index contributed by atoms with van der Waals surface area (Å²) in [6.07, 6.45) is 3.52. The molecular formula is C20H27N3O2. The minimum Gasteiger partial charge on any atom is -0.496 e. The standard InChI is InChI=1S/C20H27N3O2/c1-15(2)16(3)22-20(24)23(13-17-8-7-11-21-12-17)14-18-9-5-6-10-19(18)25-4/h5-12,15-16H,13-14H2,1-4H3,(H,22,24). The summed E-state index contributed by atoms with van der Waals surface area (Å²) >= 11 is 0. The first-order valence-electron chi connectivity index (χ1n) is 8.57. The van der Waals surface area contributed by atoms with Crippen LogP contribution in [0.2, 0.25) is 0 Å². The second-order valence-electron chi connectivity index (χ2n) is 6.51. The van der Waals surface area contributed by atoms with Crippen LogP contribution in [0.5, 0.6) is 5.75 Å². The van der Waals surface area contributed by atoms with Gasteiger partial charge in [0.25, 0.3) is 0 Å². The Hall–Kier alpha value is -2.56. The van der Waals surface area contributed by atoms with Gasteiger partial charge in [0, 0.05) is 30.5 Å². The molecule has 5 heteroatoms. The molecule has 0 aliphatic carbocycles. The van der Waals surface area contributed by atoms with Gasteiger partial charge in [0.1, 0.15) is 5.75 Å². The fraction of sp³-hybridized carbons (Fsp3) is 0.400. The molecule has 0 saturated heterocycles. The number of ether oxygens (including phenoxy) is 1. The summed E-state index contributed by atoms with van der Waals surface area (Å²) in [5.74, 6) is 1.15. The van der Waals surface area contributed by atoms with Crippen molar-refractivity contribution in [2.24, 2.45) is 5.92 Å². The maximum atomic E-state index is 12.8. The summed E-state index contributed by atoms with van der Waals surface area (Å²) in [7, 11) is 1.64. The molecule has 1 N–H and O–H groups in total. The van der Waals surface area contributed by atoms with E-state index in [2.05, 4.69) is 24.1 Å². The van der Waals surface area contributed by atoms with Crippen molar-refractivity contribution < 1.29 is 9.53 Å². The molecule has 0 radical (unpaired) electrons. The van der Waals surface area contributed by atoms with E-state index < -0.39 is 0 Å². The molecule has 0 bridgehead atoms. The second kappa shape index (κ2) is 9.06. The monoisotopic (exact) mass is 341 g/mol. The third-order valence-electron chi connectivity index (χ3n) is 4.29. The Kier molecular flexibility index (Phi) is 6.81. The van der Waals surface area contributed by atoms with E-state index in [4.69, 9.17) is 4.74 Å². The normalized spacial score (nSPS) is 11.9. The molecule has 2 rings (SSSR count). The van der Waals surface area contributed by atoms with Gasteiger partial charge in [0.2, 0.25) is 0 Å². The third kappa shape index (κ3) is 5.48. The van der Waals surface area contributed by atoms with Crippen LogP contribution in [0.4, 0.5) is 4.79 Å². The SMILES string of the molecule is COc1ccccc1CN(Cc1cccnc1)C(=O)NC(C)C(C)C. The average molecular weight is 341 g/mol. The van der Waals surface area contributed by atoms with Crippen LogP contribution in [0.15, 0.2) is 48.8 Å². The van der Waals surface area contributed by atoms with E-state index in [9.17, 15) is 4.79 Å². The van der Waals surface area contributed by atoms with E-state index in [0.29, 0.717) is 19.0 Å². The molecule has 2 aromatic rings. The minimum absolute atomic E-state index is 0.0871. The van der Waals surface area contributed by atoms with Crippen molar-refractivity contribution in [3.63, 3.8) is 0 Å². The van der Waals surface area contributed by atoms with E-state index in [1.54, 1.807) is 24.4 Å². The fourth-order valence-corrected chi connectivity index (χ4v) is 2.40. The second-order valence-corrected chi connectivity index (χ2v) is 6.51. The lowest BCUT2D eigenvalue weighted by Crippen LogP contribution is -2.45. The molecule has 0 aliphatic rings. The molecule has 0 fully saturated rings. The number of pyridine rings is 1. The molecule has 0 saturated carbocycles. The predicted molar refractivity (Wildman–Crippen MR) is 99.3 cm³/mol. The molecule has 5 nitrogen and oxygen atoms in total. The number of hydrogen-bond acceptors (Lipinski definition) is 3. The highest BCUT2D eigenvalue weighted by Gasteiger charge is 2.19. The lowest BCUT2D eigenvalue weighted by Gasteiger charge is -2.27. The number of hydrogen-bond donors (Lipinski definition) is 1. The molecule has 1 heterocycles. The van der Waals surface area contributed by atoms with Gasteiger partial charge < -0.3 is 15.0 Å². The Morgan fingerprint density at radius 1 is 1.16 bits per heavy atom. The quantitative estimate of drug-likeness (QED) is 0.832. The van der Waals surface area contributed by atoms with Crippen molar-refractivity contribution in [2.75, 3.05) is 7.11 Å². The minimum atomic E-state index is -0.0871. The van der Waals surface area contributed by atoms with Crippen LogP contribution in [0, 0.1) is 5.92 Å². The summed E-state index contributed by atoms with van der Waals surface area (Å²) in [5, 5.41) is 3.08. The van der Waals surface area contributed by atoms with Gasteiger partial charge in [-0.2, -0.15) is 0 Å². The Balaban J connectivity index is 2.20. The fourth-order valence-electron chi connectivity index (χ4n) is 2.40. The van der Waals surface area contributed by atoms with Crippen LogP contribution in [0.1, 0.15) is 31.9 Å². The van der Waals surface area contributed by atoms with E-state index in [0.717, 1.165) is 16.9 Å². The maximum absolute atomic E-state index is 12.8. The number of carbonyl (C=O) groups is 1. The van der Waals surface area contributed by atoms with Crippen molar-refractivity contribution in [3.8, 4) is 5.75 Å². The van der Waals surface area contributed by atoms with Gasteiger partial charge in [-0.25, -0.2) is 4.79 Å². The number of benzene rings is 1. The zero-order valence-corrected chi connectivity index (χ0v) is 15.4. The molecule has 25 heavy (non-hydrogen) atoms. The first-order chi connectivity index (χ1) is 12.0. The summed E-state index contributed by atoms with van der Waals surface area (Å²) in [6.45, 7) is 7.17. The Morgan fingerprint density at radius 2 is 1.92 bits per heavy atom. The number of carbonyl (C=O) groups excluding carboxylic acids is 1. The smallest absolute Gasteiger partial charge is 0.318 e. The lowest BCUT2D eigenvalue weighted by molar-refractivity contribution is 0.185. The molecule has 1 aromatic heterocycles. The highest BCUT2D eigenvalue weighted by molar-refractivity contribution is 5.74. The Morgan fingerprint density at radius 3 is 2.56 bits per heavy atom. The zero-order valence-electron chi connectivity index (χ0n) is 15.4. The molecule has 0 aliphatic heterocycles. The molecular weight excluding hydrogens is 314 g/mol. The van der Waals surface area contributed by atoms with Gasteiger partial charge in [0.05, 0.1) is 13.7 Å². The van der Waals surface area contributed by atoms with Crippen molar-refractivity contribution in [3.05, 3.63) is 59.9 Å². The number of para-hydroxylation sites is 1. The lowest BCUT2D eigenvalue weighted by atomic mass is 10.1. The number of nitrogens with zero attached hydrogens (tertiary/aromatic N) is 2. The number of methoxy groups -OCH3 is 1. The predicted octanol–water partition coefficient (Wildman–Crippen LogP) is 3.85. The van der Waals surface area contributed by atoms with E-state index in [1.807, 2.05) is 43.3 Å². The Labute approximate surface area is 150 Å². The van der Waals surface area contributed by atoms with Crippen molar-refractivity contribution in [1.82, 2.24) is 15.2 Å². The average Bonchev–Trinajstić information content (AvgIpc) is 2.62. The number of amides is 2. The van der Waals surface area contributed by atoms with Crippen molar-refractivity contribution in [2.45, 2.75) is 39.9 Å². The number of urea groups is 1. The van der Waals surface area contributed by atoms with Crippen LogP contribution >= 0.6 is 0 Å². The molecule has 134 valence electrons. The molecule has 1 atom stereocenters. The van der Waals surface area contributed by atoms with Crippen LogP contribution < -0.4 is 10.1 Å². The van der Waals surface area contributed by atoms with Gasteiger partial charge in [-0.15, -0.1) is 0 Å². The van der Waals surface area contributed by atoms with Crippen LogP contribution in [-0.4, -0.2) is 29.1 Å². The van der Waals surface area contributed by atoms with Crippen LogP contribution in [0.25, 0.3) is 0 Å². The van der Waals surface area contributed by atoms with Crippen LogP contribution in [-0.2, 0) is 13.1 Å². The van der Waals surface area contributed by atoms with E-state index in [-0.39, 0.29) is 12.1 Å². The number of rotatable bonds is 7. The summed E-state index contributed by atoms with van der Waals surface area (Å²) in [5.41, 5.74) is 1.96. The largest absolute Gasteiger partial charge is 0.496 e. The zero-order chi connectivity index (χ0) is 18.2. The number of aromatic nitrogens is 1. The highest BCUT2D eigenvalue weighted by Crippen LogP contribution is 2.20. The Bertz CT molecular complexity index is 674. The highest BCUT2D eigenvalue weighted by atomic mass is 16.5. The van der Waals surface area contributed by atoms with E-state index in [1.165, 1.54) is 0 Å². The van der Waals surface area contributed by atoms with E-state index >= 15 is 0 Å². The molecule has 0 spiro atoms. The summed E-state index contributed by atoms with van der Waals surface area (Å²) in [6, 6.07) is 11.6. The van der Waals surface area contributed by atoms with Gasteiger partial charge in [0.15, 0.2) is 0 Å². The topological polar surface area (TPSA) is 54.5 Å². The first kappa shape index (κ1) is 18.8. The van der Waals surface area contributed by atoms with Crippen molar-refractivity contribution in [1.29, 1.82) is 0 Å². The first-order valence-corrected chi connectivity index (χ1v) is 8.57. The van der Waals surface area contributed by atoms with Gasteiger partial charge in [-0.3, -0.25) is 4.98 Å². The van der Waals surface area contributed by atoms with Gasteiger partial charge in [-0.1, -0.05) is 38.1 Å². The maximum Gasteiger partial charge on any atom is 0.318 e. The molecule has 1 unspecified atom stereocenters. The third-order valence-corrected chi connectivity index (χ3v) is 4.29. The summed E-state index contributed by atoms with van der Waals surface area (Å²) < 4.78 is 5.42. The molecule has 2 amide bonds. The van der Waals surface area contributed by atoms with Gasteiger partial charge in [-0.05, 0) is 30.5 Å². The molecule has 1 aromatic carbocycles. The van der Waals surface area contributed by atoms with Crippen LogP contribution in [0.3, 0.4) is 0 Å².